The number of para-hydroxylation sites is 1. The fraction of sp³-hybridized carbons (Fsp3) is 0.176. The van der Waals surface area contributed by atoms with Gasteiger partial charge in [-0.1, -0.05) is 18.2 Å². The summed E-state index contributed by atoms with van der Waals surface area (Å²) in [5.74, 6) is 0. The van der Waals surface area contributed by atoms with Crippen LogP contribution < -0.4 is 5.56 Å². The van der Waals surface area contributed by atoms with Crippen molar-refractivity contribution in [3.63, 3.8) is 0 Å². The number of nitrogens with zero attached hydrogens (tertiary/aromatic N) is 2. The molecular formula is C17H16N2O2. The molecule has 1 N–H and O–H groups in total. The lowest BCUT2D eigenvalue weighted by Crippen LogP contribution is -2.23. The highest BCUT2D eigenvalue weighted by atomic mass is 16.2. The average Bonchev–Trinajstić information content (AvgIpc) is 2.54. The molecule has 2 heterocycles. The van der Waals surface area contributed by atoms with Crippen LogP contribution in [0.4, 0.5) is 0 Å². The Labute approximate surface area is 122 Å². The number of aliphatic hydroxyl groups excluding tert-OH is 1. The zero-order valence-electron chi connectivity index (χ0n) is 11.6. The SMILES string of the molecule is O=c1c(CCCO)cc2cccnc2n1-c1ccccc1. The molecule has 0 amide bonds. The van der Waals surface area contributed by atoms with Gasteiger partial charge in [-0.3, -0.25) is 9.36 Å². The Hall–Kier alpha value is -2.46. The maximum absolute atomic E-state index is 12.7. The topological polar surface area (TPSA) is 55.1 Å². The first-order chi connectivity index (χ1) is 10.3. The normalized spacial score (nSPS) is 10.9. The fourth-order valence-electron chi connectivity index (χ4n) is 2.46. The van der Waals surface area contributed by atoms with E-state index >= 15 is 0 Å². The molecule has 0 saturated carbocycles. The Morgan fingerprint density at radius 2 is 1.90 bits per heavy atom. The Bertz CT molecular complexity index is 810. The maximum atomic E-state index is 12.7. The second-order valence-electron chi connectivity index (χ2n) is 4.89. The summed E-state index contributed by atoms with van der Waals surface area (Å²) >= 11 is 0. The van der Waals surface area contributed by atoms with Gasteiger partial charge in [-0.25, -0.2) is 4.98 Å². The van der Waals surface area contributed by atoms with Gasteiger partial charge in [0.2, 0.25) is 0 Å². The van der Waals surface area contributed by atoms with Crippen molar-refractivity contribution < 1.29 is 5.11 Å². The number of fused-ring (bicyclic) bond motifs is 1. The molecule has 0 fully saturated rings. The van der Waals surface area contributed by atoms with Crippen molar-refractivity contribution in [2.45, 2.75) is 12.8 Å². The van der Waals surface area contributed by atoms with E-state index in [0.29, 0.717) is 24.1 Å². The van der Waals surface area contributed by atoms with E-state index < -0.39 is 0 Å². The summed E-state index contributed by atoms with van der Waals surface area (Å²) in [7, 11) is 0. The monoisotopic (exact) mass is 280 g/mol. The number of aromatic nitrogens is 2. The lowest BCUT2D eigenvalue weighted by molar-refractivity contribution is 0.288. The molecule has 0 aliphatic carbocycles. The first-order valence-electron chi connectivity index (χ1n) is 6.97. The van der Waals surface area contributed by atoms with E-state index in [4.69, 9.17) is 5.11 Å². The first kappa shape index (κ1) is 13.5. The molecule has 106 valence electrons. The number of hydrogen-bond donors (Lipinski definition) is 1. The number of aliphatic hydroxyl groups is 1. The molecule has 0 aliphatic rings. The van der Waals surface area contributed by atoms with Crippen LogP contribution in [0.15, 0.2) is 59.5 Å². The van der Waals surface area contributed by atoms with Crippen molar-refractivity contribution in [1.82, 2.24) is 9.55 Å². The predicted octanol–water partition coefficient (Wildman–Crippen LogP) is 2.31. The summed E-state index contributed by atoms with van der Waals surface area (Å²) in [5, 5.41) is 9.92. The molecule has 1 aromatic carbocycles. The number of pyridine rings is 2. The minimum Gasteiger partial charge on any atom is -0.396 e. The quantitative estimate of drug-likeness (QED) is 0.798. The summed E-state index contributed by atoms with van der Waals surface area (Å²) in [6, 6.07) is 15.2. The third-order valence-electron chi connectivity index (χ3n) is 3.45. The van der Waals surface area contributed by atoms with Crippen LogP contribution in [-0.4, -0.2) is 21.3 Å². The van der Waals surface area contributed by atoms with Crippen LogP contribution in [0.5, 0.6) is 0 Å². The van der Waals surface area contributed by atoms with Crippen LogP contribution >= 0.6 is 0 Å². The fourth-order valence-corrected chi connectivity index (χ4v) is 2.46. The van der Waals surface area contributed by atoms with Crippen molar-refractivity contribution in [3.8, 4) is 5.69 Å². The van der Waals surface area contributed by atoms with Crippen molar-refractivity contribution in [3.05, 3.63) is 70.6 Å². The Morgan fingerprint density at radius 3 is 2.67 bits per heavy atom. The molecule has 3 rings (SSSR count). The van der Waals surface area contributed by atoms with Gasteiger partial charge < -0.3 is 5.11 Å². The Kier molecular flexibility index (Phi) is 3.79. The van der Waals surface area contributed by atoms with Gasteiger partial charge in [0.25, 0.3) is 5.56 Å². The van der Waals surface area contributed by atoms with Gasteiger partial charge in [0.1, 0.15) is 5.65 Å². The van der Waals surface area contributed by atoms with E-state index in [-0.39, 0.29) is 12.2 Å². The molecule has 2 aromatic heterocycles. The van der Waals surface area contributed by atoms with Gasteiger partial charge in [0, 0.05) is 23.8 Å². The van der Waals surface area contributed by atoms with Crippen LogP contribution in [0.1, 0.15) is 12.0 Å². The molecule has 4 heteroatoms. The number of aryl methyl sites for hydroxylation is 1. The third kappa shape index (κ3) is 2.58. The van der Waals surface area contributed by atoms with Gasteiger partial charge >= 0.3 is 0 Å². The second-order valence-corrected chi connectivity index (χ2v) is 4.89. The van der Waals surface area contributed by atoms with E-state index in [2.05, 4.69) is 4.98 Å². The summed E-state index contributed by atoms with van der Waals surface area (Å²) in [6.07, 6.45) is 2.83. The van der Waals surface area contributed by atoms with E-state index in [9.17, 15) is 4.79 Å². The number of rotatable bonds is 4. The molecule has 3 aromatic rings. The summed E-state index contributed by atoms with van der Waals surface area (Å²) in [4.78, 5) is 17.1. The minimum absolute atomic E-state index is 0.0687. The van der Waals surface area contributed by atoms with Crippen LogP contribution in [0.2, 0.25) is 0 Å². The lowest BCUT2D eigenvalue weighted by Gasteiger charge is -2.12. The highest BCUT2D eigenvalue weighted by Gasteiger charge is 2.11. The Morgan fingerprint density at radius 1 is 1.10 bits per heavy atom. The van der Waals surface area contributed by atoms with Crippen molar-refractivity contribution in [2.24, 2.45) is 0 Å². The molecule has 21 heavy (non-hydrogen) atoms. The minimum atomic E-state index is -0.0687. The summed E-state index contributed by atoms with van der Waals surface area (Å²) in [6.45, 7) is 0.0792. The predicted molar refractivity (Wildman–Crippen MR) is 82.7 cm³/mol. The van der Waals surface area contributed by atoms with Crippen molar-refractivity contribution >= 4 is 11.0 Å². The van der Waals surface area contributed by atoms with Crippen LogP contribution in [-0.2, 0) is 6.42 Å². The molecule has 4 nitrogen and oxygen atoms in total. The summed E-state index contributed by atoms with van der Waals surface area (Å²) < 4.78 is 1.64. The zero-order valence-corrected chi connectivity index (χ0v) is 11.6. The molecule has 0 aliphatic heterocycles. The molecule has 0 atom stereocenters. The van der Waals surface area contributed by atoms with E-state index in [0.717, 1.165) is 11.1 Å². The number of hydrogen-bond acceptors (Lipinski definition) is 3. The highest BCUT2D eigenvalue weighted by Crippen LogP contribution is 2.16. The van der Waals surface area contributed by atoms with Crippen molar-refractivity contribution in [1.29, 1.82) is 0 Å². The largest absolute Gasteiger partial charge is 0.396 e. The lowest BCUT2D eigenvalue weighted by atomic mass is 10.1. The molecular weight excluding hydrogens is 264 g/mol. The van der Waals surface area contributed by atoms with Gasteiger partial charge in [0.05, 0.1) is 5.69 Å². The van der Waals surface area contributed by atoms with E-state index in [1.54, 1.807) is 10.8 Å². The first-order valence-corrected chi connectivity index (χ1v) is 6.97. The van der Waals surface area contributed by atoms with Gasteiger partial charge in [0.15, 0.2) is 0 Å². The van der Waals surface area contributed by atoms with Gasteiger partial charge in [-0.2, -0.15) is 0 Å². The molecule has 0 radical (unpaired) electrons. The third-order valence-corrected chi connectivity index (χ3v) is 3.45. The second kappa shape index (κ2) is 5.89. The van der Waals surface area contributed by atoms with Gasteiger partial charge in [-0.15, -0.1) is 0 Å². The number of benzene rings is 1. The molecule has 0 saturated heterocycles. The average molecular weight is 280 g/mol. The van der Waals surface area contributed by atoms with Crippen LogP contribution in [0, 0.1) is 0 Å². The smallest absolute Gasteiger partial charge is 0.259 e. The Balaban J connectivity index is 2.29. The zero-order chi connectivity index (χ0) is 14.7. The van der Waals surface area contributed by atoms with Crippen LogP contribution in [0.3, 0.4) is 0 Å². The maximum Gasteiger partial charge on any atom is 0.259 e. The van der Waals surface area contributed by atoms with Gasteiger partial charge in [-0.05, 0) is 43.2 Å². The standard InChI is InChI=1S/C17H16N2O2/c20-11-5-7-14-12-13-6-4-10-18-16(13)19(17(14)21)15-8-2-1-3-9-15/h1-4,6,8-10,12,20H,5,7,11H2. The molecule has 0 spiro atoms. The van der Waals surface area contributed by atoms with Crippen molar-refractivity contribution in [2.75, 3.05) is 6.61 Å². The molecule has 0 unspecified atom stereocenters. The van der Waals surface area contributed by atoms with E-state index in [1.165, 1.54) is 0 Å². The highest BCUT2D eigenvalue weighted by molar-refractivity contribution is 5.77. The van der Waals surface area contributed by atoms with Crippen LogP contribution in [0.25, 0.3) is 16.7 Å². The molecule has 0 bridgehead atoms. The van der Waals surface area contributed by atoms with E-state index in [1.807, 2.05) is 48.5 Å². The summed E-state index contributed by atoms with van der Waals surface area (Å²) in [5.41, 5.74) is 2.09.